The molecule has 2 atom stereocenters. The lowest BCUT2D eigenvalue weighted by Crippen LogP contribution is -2.46. The number of halogens is 4. The summed E-state index contributed by atoms with van der Waals surface area (Å²) in [6.45, 7) is 1.33. The van der Waals surface area contributed by atoms with Gasteiger partial charge in [-0.05, 0) is 56.4 Å². The van der Waals surface area contributed by atoms with Gasteiger partial charge in [0.25, 0.3) is 5.78 Å². The van der Waals surface area contributed by atoms with Gasteiger partial charge in [0, 0.05) is 43.0 Å². The van der Waals surface area contributed by atoms with Crippen LogP contribution in [0.1, 0.15) is 42.5 Å². The Morgan fingerprint density at radius 1 is 1.09 bits per heavy atom. The van der Waals surface area contributed by atoms with E-state index in [-0.39, 0.29) is 17.1 Å². The van der Waals surface area contributed by atoms with Crippen molar-refractivity contribution in [2.75, 3.05) is 6.54 Å². The average Bonchev–Trinajstić information content (AvgIpc) is 3.28. The third-order valence-electron chi connectivity index (χ3n) is 6.92. The maximum absolute atomic E-state index is 13.0. The van der Waals surface area contributed by atoms with Crippen LogP contribution in [-0.2, 0) is 6.54 Å². The van der Waals surface area contributed by atoms with Crippen LogP contribution in [0, 0.1) is 0 Å². The number of rotatable bonds is 7. The van der Waals surface area contributed by atoms with E-state index >= 15 is 0 Å². The second-order valence-corrected chi connectivity index (χ2v) is 9.46. The number of Topliss-reactive ketones (excluding diaryl/α,β-unsaturated/α-hetero) is 1. The number of ketones is 1. The first-order valence-electron chi connectivity index (χ1n) is 11.5. The number of alkyl halides is 3. The predicted octanol–water partition coefficient (Wildman–Crippen LogP) is 5.90. The van der Waals surface area contributed by atoms with E-state index in [2.05, 4.69) is 9.88 Å². The molecule has 0 aliphatic carbocycles. The van der Waals surface area contributed by atoms with E-state index in [0.29, 0.717) is 29.3 Å². The molecule has 34 heavy (non-hydrogen) atoms. The van der Waals surface area contributed by atoms with Crippen molar-refractivity contribution in [3.05, 3.63) is 59.4 Å². The number of carbonyl (C=O) groups is 1. The lowest BCUT2D eigenvalue weighted by molar-refractivity contribution is -0.0884. The minimum absolute atomic E-state index is 0.127. The highest BCUT2D eigenvalue weighted by Crippen LogP contribution is 2.38. The Labute approximate surface area is 200 Å². The Morgan fingerprint density at radius 3 is 2.53 bits per heavy atom. The van der Waals surface area contributed by atoms with Crippen molar-refractivity contribution < 1.29 is 22.7 Å². The molecule has 2 saturated heterocycles. The third kappa shape index (κ3) is 4.53. The summed E-state index contributed by atoms with van der Waals surface area (Å²) in [4.78, 5) is 18.6. The van der Waals surface area contributed by atoms with Gasteiger partial charge in [-0.2, -0.15) is 13.2 Å². The van der Waals surface area contributed by atoms with Gasteiger partial charge in [-0.3, -0.25) is 9.69 Å². The molecule has 9 heteroatoms. The van der Waals surface area contributed by atoms with Crippen molar-refractivity contribution in [3.8, 4) is 5.75 Å². The summed E-state index contributed by atoms with van der Waals surface area (Å²) >= 11 is 6.25. The molecule has 0 radical (unpaired) electrons. The first-order chi connectivity index (χ1) is 16.3. The fraction of sp³-hybridized carbons (Fsp3) is 0.440. The largest absolute Gasteiger partial charge is 0.489 e. The van der Waals surface area contributed by atoms with Gasteiger partial charge in [0.15, 0.2) is 0 Å². The zero-order valence-electron chi connectivity index (χ0n) is 18.5. The minimum Gasteiger partial charge on any atom is -0.489 e. The predicted molar refractivity (Wildman–Crippen MR) is 123 cm³/mol. The van der Waals surface area contributed by atoms with Gasteiger partial charge >= 0.3 is 6.18 Å². The van der Waals surface area contributed by atoms with E-state index < -0.39 is 12.0 Å². The zero-order chi connectivity index (χ0) is 23.9. The zero-order valence-corrected chi connectivity index (χ0v) is 19.2. The van der Waals surface area contributed by atoms with Crippen molar-refractivity contribution in [2.45, 2.75) is 63.0 Å². The molecule has 2 aliphatic heterocycles. The summed E-state index contributed by atoms with van der Waals surface area (Å²) in [5, 5.41) is 0.857. The summed E-state index contributed by atoms with van der Waals surface area (Å²) in [6, 6.07) is 11.4. The molecule has 2 aromatic heterocycles. The molecule has 5 nitrogen and oxygen atoms in total. The molecule has 0 N–H and O–H groups in total. The number of para-hydroxylation sites is 1. The minimum atomic E-state index is -4.91. The number of hydrogen-bond donors (Lipinski definition) is 0. The molecule has 5 rings (SSSR count). The van der Waals surface area contributed by atoms with Crippen LogP contribution < -0.4 is 4.74 Å². The maximum Gasteiger partial charge on any atom is 0.454 e. The van der Waals surface area contributed by atoms with Crippen molar-refractivity contribution in [1.29, 1.82) is 0 Å². The van der Waals surface area contributed by atoms with Crippen LogP contribution >= 0.6 is 11.6 Å². The molecule has 2 unspecified atom stereocenters. The van der Waals surface area contributed by atoms with Crippen LogP contribution in [0.4, 0.5) is 13.2 Å². The second kappa shape index (κ2) is 9.23. The van der Waals surface area contributed by atoms with Crippen molar-refractivity contribution in [2.24, 2.45) is 0 Å². The Balaban J connectivity index is 1.23. The second-order valence-electron chi connectivity index (χ2n) is 9.06. The smallest absolute Gasteiger partial charge is 0.454 e. The first-order valence-corrected chi connectivity index (χ1v) is 11.9. The van der Waals surface area contributed by atoms with E-state index in [1.54, 1.807) is 10.6 Å². The van der Waals surface area contributed by atoms with Gasteiger partial charge < -0.3 is 9.30 Å². The molecule has 2 aliphatic rings. The van der Waals surface area contributed by atoms with Crippen molar-refractivity contribution in [3.63, 3.8) is 0 Å². The summed E-state index contributed by atoms with van der Waals surface area (Å²) in [5.74, 6) is -1.11. The number of pyridine rings is 1. The number of nitrogens with zero attached hydrogens (tertiary/aromatic N) is 3. The number of piperidine rings is 1. The number of benzene rings is 1. The third-order valence-corrected chi connectivity index (χ3v) is 7.23. The van der Waals surface area contributed by atoms with Gasteiger partial charge in [0.1, 0.15) is 17.5 Å². The van der Waals surface area contributed by atoms with E-state index in [9.17, 15) is 18.0 Å². The number of ether oxygens (including phenoxy) is 1. The highest BCUT2D eigenvalue weighted by atomic mass is 35.5. The standard InChI is InChI=1S/C25H25ClF3N3O2/c26-21-6-1-2-7-22(21)34-18-13-16-8-9-17(14-18)32(16)12-4-11-31-15-20(23(33)25(27,28)29)19-5-3-10-30-24(19)31/h1-3,5-7,10,15-18H,4,8-9,11-14H2. The fourth-order valence-electron chi connectivity index (χ4n) is 5.46. The molecule has 3 aromatic rings. The van der Waals surface area contributed by atoms with Crippen LogP contribution in [0.2, 0.25) is 5.02 Å². The summed E-state index contributed by atoms with van der Waals surface area (Å²) in [7, 11) is 0. The van der Waals surface area contributed by atoms with Gasteiger partial charge in [-0.25, -0.2) is 4.98 Å². The van der Waals surface area contributed by atoms with Gasteiger partial charge in [0.2, 0.25) is 0 Å². The van der Waals surface area contributed by atoms with Gasteiger partial charge in [-0.1, -0.05) is 23.7 Å². The maximum atomic E-state index is 13.0. The van der Waals surface area contributed by atoms with Crippen LogP contribution in [0.3, 0.4) is 0 Å². The van der Waals surface area contributed by atoms with Crippen LogP contribution in [0.15, 0.2) is 48.8 Å². The molecular weight excluding hydrogens is 467 g/mol. The summed E-state index contributed by atoms with van der Waals surface area (Å²) in [5.41, 5.74) is 0.0677. The lowest BCUT2D eigenvalue weighted by atomic mass is 9.99. The molecule has 0 saturated carbocycles. The monoisotopic (exact) mass is 491 g/mol. The lowest BCUT2D eigenvalue weighted by Gasteiger charge is -2.39. The Kier molecular flexibility index (Phi) is 6.29. The molecule has 4 heterocycles. The number of carbonyl (C=O) groups excluding carboxylic acids is 1. The van der Waals surface area contributed by atoms with Gasteiger partial charge in [-0.15, -0.1) is 0 Å². The van der Waals surface area contributed by atoms with Crippen LogP contribution in [-0.4, -0.2) is 51.1 Å². The van der Waals surface area contributed by atoms with E-state index in [1.807, 2.05) is 24.3 Å². The number of hydrogen-bond acceptors (Lipinski definition) is 4. The first kappa shape index (κ1) is 23.2. The normalized spacial score (nSPS) is 22.9. The molecular formula is C25H25ClF3N3O2. The Morgan fingerprint density at radius 2 is 1.82 bits per heavy atom. The topological polar surface area (TPSA) is 47.4 Å². The van der Waals surface area contributed by atoms with Crippen LogP contribution in [0.25, 0.3) is 11.0 Å². The van der Waals surface area contributed by atoms with Gasteiger partial charge in [0.05, 0.1) is 10.6 Å². The summed E-state index contributed by atoms with van der Waals surface area (Å²) in [6.07, 6.45) is 2.89. The number of aromatic nitrogens is 2. The Hall–Kier alpha value is -2.58. The van der Waals surface area contributed by atoms with E-state index in [4.69, 9.17) is 16.3 Å². The van der Waals surface area contributed by atoms with E-state index in [1.165, 1.54) is 18.5 Å². The fourth-order valence-corrected chi connectivity index (χ4v) is 5.64. The molecule has 0 amide bonds. The molecule has 0 spiro atoms. The molecule has 2 fully saturated rings. The molecule has 1 aromatic carbocycles. The Bertz CT molecular complexity index is 1180. The number of fused-ring (bicyclic) bond motifs is 3. The van der Waals surface area contributed by atoms with Crippen LogP contribution in [0.5, 0.6) is 5.75 Å². The summed E-state index contributed by atoms with van der Waals surface area (Å²) < 4.78 is 47.0. The highest BCUT2D eigenvalue weighted by molar-refractivity contribution is 6.32. The van der Waals surface area contributed by atoms with Crippen molar-refractivity contribution >= 4 is 28.4 Å². The average molecular weight is 492 g/mol. The molecule has 2 bridgehead atoms. The van der Waals surface area contributed by atoms with Crippen molar-refractivity contribution in [1.82, 2.24) is 14.5 Å². The quantitative estimate of drug-likeness (QED) is 0.386. The number of aryl methyl sites for hydroxylation is 1. The molecule has 180 valence electrons. The van der Waals surface area contributed by atoms with E-state index in [0.717, 1.165) is 44.4 Å². The highest BCUT2D eigenvalue weighted by Gasteiger charge is 2.42. The SMILES string of the molecule is O=C(c1cn(CCCN2C3CCC2CC(Oc2ccccc2Cl)C3)c2ncccc12)C(F)(F)F.